The number of hydrogen-bond acceptors (Lipinski definition) is 7. The maximum atomic E-state index is 9.14. The second kappa shape index (κ2) is 5.22. The van der Waals surface area contributed by atoms with Gasteiger partial charge in [0, 0.05) is 0 Å². The predicted molar refractivity (Wildman–Crippen MR) is 70.3 cm³/mol. The van der Waals surface area contributed by atoms with Crippen molar-refractivity contribution in [1.29, 1.82) is 0 Å². The molecule has 1 aliphatic heterocycles. The third kappa shape index (κ3) is 2.16. The number of nitrogen functional groups attached to an aromatic ring is 1. The van der Waals surface area contributed by atoms with Crippen LogP contribution in [0.5, 0.6) is 5.88 Å². The Balaban J connectivity index is 2.00. The molecule has 3 heterocycles. The Kier molecular flexibility index (Phi) is 3.41. The Hall–Kier alpha value is -1.93. The van der Waals surface area contributed by atoms with Gasteiger partial charge in [-0.25, -0.2) is 9.50 Å². The first kappa shape index (κ1) is 13.1. The minimum absolute atomic E-state index is 0.0224. The molecule has 1 aliphatic rings. The molecular weight excluding hydrogens is 262 g/mol. The molecule has 2 aromatic rings. The molecule has 20 heavy (non-hydrogen) atoms. The molecule has 1 fully saturated rings. The Morgan fingerprint density at radius 1 is 1.55 bits per heavy atom. The maximum Gasteiger partial charge on any atom is 0.263 e. The fraction of sp³-hybridized carbons (Fsp3) is 0.583. The average Bonchev–Trinajstić information content (AvgIpc) is 3.04. The van der Waals surface area contributed by atoms with E-state index in [0.717, 1.165) is 18.5 Å². The van der Waals surface area contributed by atoms with Gasteiger partial charge in [-0.15, -0.1) is 5.10 Å². The molecule has 3 rings (SSSR count). The molecule has 0 aromatic carbocycles. The normalized spacial score (nSPS) is 22.5. The number of hydrogen-bond donors (Lipinski definition) is 2. The summed E-state index contributed by atoms with van der Waals surface area (Å²) in [5, 5.41) is 13.3. The number of fused-ring (bicyclic) bond motifs is 1. The standard InChI is InChI=1S/C12H17N5O3/c1-2-19-11-10-14-5-8(17(10)16-12(13)15-11)9-4-3-7(6-18)20-9/h5,7,9,18H,2-4,6H2,1H3,(H2,13,16)/t7-,9+/m0/s1. The summed E-state index contributed by atoms with van der Waals surface area (Å²) in [4.78, 5) is 8.33. The van der Waals surface area contributed by atoms with Crippen molar-refractivity contribution < 1.29 is 14.6 Å². The number of rotatable bonds is 4. The SMILES string of the molecule is CCOc1nc(N)nn2c([C@H]3CC[C@@H](CO)O3)cnc12. The van der Waals surface area contributed by atoms with Crippen LogP contribution in [0.1, 0.15) is 31.6 Å². The van der Waals surface area contributed by atoms with Gasteiger partial charge in [0.05, 0.1) is 31.2 Å². The van der Waals surface area contributed by atoms with Crippen molar-refractivity contribution in [3.63, 3.8) is 0 Å². The van der Waals surface area contributed by atoms with Crippen molar-refractivity contribution in [3.8, 4) is 5.88 Å². The van der Waals surface area contributed by atoms with Crippen LogP contribution in [0.2, 0.25) is 0 Å². The lowest BCUT2D eigenvalue weighted by atomic mass is 10.1. The molecule has 2 aromatic heterocycles. The molecule has 0 bridgehead atoms. The van der Waals surface area contributed by atoms with Gasteiger partial charge >= 0.3 is 0 Å². The van der Waals surface area contributed by atoms with Crippen LogP contribution >= 0.6 is 0 Å². The topological polar surface area (TPSA) is 108 Å². The molecule has 0 unspecified atom stereocenters. The molecule has 0 saturated carbocycles. The number of aromatic nitrogens is 4. The van der Waals surface area contributed by atoms with Gasteiger partial charge in [-0.2, -0.15) is 4.98 Å². The molecule has 8 heteroatoms. The number of nitrogens with two attached hydrogens (primary N) is 1. The Morgan fingerprint density at radius 3 is 3.10 bits per heavy atom. The third-order valence-corrected chi connectivity index (χ3v) is 3.30. The molecule has 0 radical (unpaired) electrons. The fourth-order valence-corrected chi connectivity index (χ4v) is 2.40. The zero-order valence-electron chi connectivity index (χ0n) is 11.2. The number of imidazole rings is 1. The molecule has 0 aliphatic carbocycles. The van der Waals surface area contributed by atoms with Crippen molar-refractivity contribution in [2.75, 3.05) is 18.9 Å². The van der Waals surface area contributed by atoms with Crippen molar-refractivity contribution in [3.05, 3.63) is 11.9 Å². The third-order valence-electron chi connectivity index (χ3n) is 3.30. The first-order valence-corrected chi connectivity index (χ1v) is 6.63. The lowest BCUT2D eigenvalue weighted by molar-refractivity contribution is 0.00851. The smallest absolute Gasteiger partial charge is 0.263 e. The minimum atomic E-state index is -0.147. The van der Waals surface area contributed by atoms with Gasteiger partial charge < -0.3 is 20.3 Å². The number of aliphatic hydroxyl groups excluding tert-OH is 1. The summed E-state index contributed by atoms with van der Waals surface area (Å²) in [5.41, 5.74) is 7.02. The monoisotopic (exact) mass is 279 g/mol. The molecular formula is C12H17N5O3. The van der Waals surface area contributed by atoms with E-state index in [-0.39, 0.29) is 24.8 Å². The zero-order valence-corrected chi connectivity index (χ0v) is 11.2. The summed E-state index contributed by atoms with van der Waals surface area (Å²) >= 11 is 0. The highest BCUT2D eigenvalue weighted by molar-refractivity contribution is 5.51. The molecule has 2 atom stereocenters. The highest BCUT2D eigenvalue weighted by Crippen LogP contribution is 2.33. The van der Waals surface area contributed by atoms with Crippen LogP contribution in [0, 0.1) is 0 Å². The molecule has 0 amide bonds. The summed E-state index contributed by atoms with van der Waals surface area (Å²) < 4.78 is 12.8. The van der Waals surface area contributed by atoms with E-state index in [1.807, 2.05) is 6.92 Å². The number of nitrogens with zero attached hydrogens (tertiary/aromatic N) is 4. The van der Waals surface area contributed by atoms with Gasteiger partial charge in [-0.05, 0) is 19.8 Å². The number of ether oxygens (including phenoxy) is 2. The molecule has 108 valence electrons. The zero-order chi connectivity index (χ0) is 14.1. The number of aliphatic hydroxyl groups is 1. The van der Waals surface area contributed by atoms with E-state index >= 15 is 0 Å². The van der Waals surface area contributed by atoms with Crippen molar-refractivity contribution in [2.24, 2.45) is 0 Å². The fourth-order valence-electron chi connectivity index (χ4n) is 2.40. The number of anilines is 1. The van der Waals surface area contributed by atoms with Gasteiger partial charge in [0.1, 0.15) is 6.10 Å². The maximum absolute atomic E-state index is 9.14. The van der Waals surface area contributed by atoms with E-state index in [1.54, 1.807) is 10.7 Å². The lowest BCUT2D eigenvalue weighted by Gasteiger charge is -2.11. The summed E-state index contributed by atoms with van der Waals surface area (Å²) in [6.45, 7) is 2.36. The van der Waals surface area contributed by atoms with Gasteiger partial charge in [0.15, 0.2) is 0 Å². The van der Waals surface area contributed by atoms with E-state index < -0.39 is 0 Å². The molecule has 1 saturated heterocycles. The Bertz CT molecular complexity index is 614. The highest BCUT2D eigenvalue weighted by Gasteiger charge is 2.29. The van der Waals surface area contributed by atoms with Crippen molar-refractivity contribution >= 4 is 11.6 Å². The van der Waals surface area contributed by atoms with Crippen LogP contribution in [0.4, 0.5) is 5.95 Å². The van der Waals surface area contributed by atoms with Crippen LogP contribution in [0.15, 0.2) is 6.20 Å². The minimum Gasteiger partial charge on any atom is -0.475 e. The first-order chi connectivity index (χ1) is 9.72. The molecule has 3 N–H and O–H groups in total. The van der Waals surface area contributed by atoms with Gasteiger partial charge in [0.2, 0.25) is 11.6 Å². The van der Waals surface area contributed by atoms with Gasteiger partial charge in [0.25, 0.3) is 5.88 Å². The Morgan fingerprint density at radius 2 is 2.40 bits per heavy atom. The van der Waals surface area contributed by atoms with E-state index in [1.165, 1.54) is 0 Å². The quantitative estimate of drug-likeness (QED) is 0.829. The predicted octanol–water partition coefficient (Wildman–Crippen LogP) is 0.318. The summed E-state index contributed by atoms with van der Waals surface area (Å²) in [5.74, 6) is 0.486. The van der Waals surface area contributed by atoms with Crippen LogP contribution in [0.3, 0.4) is 0 Å². The van der Waals surface area contributed by atoms with Crippen LogP contribution in [-0.2, 0) is 4.74 Å². The largest absolute Gasteiger partial charge is 0.475 e. The van der Waals surface area contributed by atoms with Crippen molar-refractivity contribution in [1.82, 2.24) is 19.6 Å². The van der Waals surface area contributed by atoms with E-state index in [4.69, 9.17) is 20.3 Å². The molecule has 8 nitrogen and oxygen atoms in total. The Labute approximate surface area is 115 Å². The van der Waals surface area contributed by atoms with E-state index in [2.05, 4.69) is 15.1 Å². The summed E-state index contributed by atoms with van der Waals surface area (Å²) in [6.07, 6.45) is 3.04. The van der Waals surface area contributed by atoms with Crippen LogP contribution in [0.25, 0.3) is 5.65 Å². The highest BCUT2D eigenvalue weighted by atomic mass is 16.5. The van der Waals surface area contributed by atoms with Gasteiger partial charge in [-0.3, -0.25) is 0 Å². The second-order valence-corrected chi connectivity index (χ2v) is 4.63. The van der Waals surface area contributed by atoms with Crippen molar-refractivity contribution in [2.45, 2.75) is 32.0 Å². The van der Waals surface area contributed by atoms with Gasteiger partial charge in [-0.1, -0.05) is 0 Å². The average molecular weight is 279 g/mol. The molecule has 0 spiro atoms. The lowest BCUT2D eigenvalue weighted by Crippen LogP contribution is -2.13. The summed E-state index contributed by atoms with van der Waals surface area (Å²) in [7, 11) is 0. The first-order valence-electron chi connectivity index (χ1n) is 6.63. The van der Waals surface area contributed by atoms with E-state index in [9.17, 15) is 0 Å². The summed E-state index contributed by atoms with van der Waals surface area (Å²) in [6, 6.07) is 0. The van der Waals surface area contributed by atoms with E-state index in [0.29, 0.717) is 18.1 Å². The second-order valence-electron chi connectivity index (χ2n) is 4.63. The van der Waals surface area contributed by atoms with Crippen LogP contribution < -0.4 is 10.5 Å². The van der Waals surface area contributed by atoms with Crippen LogP contribution in [-0.4, -0.2) is 44.0 Å².